The predicted octanol–water partition coefficient (Wildman–Crippen LogP) is 3.03. The van der Waals surface area contributed by atoms with Gasteiger partial charge in [-0.25, -0.2) is 0 Å². The minimum atomic E-state index is 0.474. The molecular formula is C10H18OS. The van der Waals surface area contributed by atoms with Crippen molar-refractivity contribution in [3.8, 4) is 0 Å². The van der Waals surface area contributed by atoms with Crippen LogP contribution in [-0.4, -0.2) is 16.8 Å². The molecule has 0 bridgehead atoms. The molecule has 0 unspecified atom stereocenters. The van der Waals surface area contributed by atoms with Crippen molar-refractivity contribution in [3.05, 3.63) is 0 Å². The van der Waals surface area contributed by atoms with Gasteiger partial charge in [-0.1, -0.05) is 13.3 Å². The zero-order chi connectivity index (χ0) is 8.81. The fourth-order valence-electron chi connectivity index (χ4n) is 1.47. The van der Waals surface area contributed by atoms with Crippen molar-refractivity contribution >= 4 is 17.5 Å². The summed E-state index contributed by atoms with van der Waals surface area (Å²) < 4.78 is 0. The molecule has 12 heavy (non-hydrogen) atoms. The summed E-state index contributed by atoms with van der Waals surface area (Å²) in [6.45, 7) is 2.23. The van der Waals surface area contributed by atoms with Crippen molar-refractivity contribution in [2.75, 3.05) is 5.75 Å². The lowest BCUT2D eigenvalue weighted by atomic mass is 9.99. The summed E-state index contributed by atoms with van der Waals surface area (Å²) in [7, 11) is 0. The number of carbonyl (C=O) groups is 1. The Bertz CT molecular complexity index is 135. The van der Waals surface area contributed by atoms with Gasteiger partial charge in [0.15, 0.2) is 0 Å². The molecule has 70 valence electrons. The van der Waals surface area contributed by atoms with E-state index in [4.69, 9.17) is 0 Å². The molecule has 1 aliphatic rings. The van der Waals surface area contributed by atoms with Crippen LogP contribution in [0.25, 0.3) is 0 Å². The van der Waals surface area contributed by atoms with Crippen LogP contribution >= 0.6 is 11.8 Å². The molecule has 0 aromatic rings. The molecule has 0 aliphatic heterocycles. The number of unbranched alkanes of at least 4 members (excludes halogenated alkanes) is 1. The average Bonchev–Trinajstić information content (AvgIpc) is 2.09. The van der Waals surface area contributed by atoms with E-state index < -0.39 is 0 Å². The van der Waals surface area contributed by atoms with Gasteiger partial charge in [-0.2, -0.15) is 11.8 Å². The van der Waals surface area contributed by atoms with Crippen molar-refractivity contribution in [1.29, 1.82) is 0 Å². The largest absolute Gasteiger partial charge is 0.300 e. The summed E-state index contributed by atoms with van der Waals surface area (Å²) in [5.41, 5.74) is 0. The molecule has 0 radical (unpaired) electrons. The van der Waals surface area contributed by atoms with Crippen LogP contribution in [0.2, 0.25) is 0 Å². The minimum Gasteiger partial charge on any atom is -0.300 e. The van der Waals surface area contributed by atoms with E-state index in [1.165, 1.54) is 18.6 Å². The molecule has 0 aromatic carbocycles. The second kappa shape index (κ2) is 5.63. The predicted molar refractivity (Wildman–Crippen MR) is 54.6 cm³/mol. The third-order valence-corrected chi connectivity index (χ3v) is 3.81. The van der Waals surface area contributed by atoms with Gasteiger partial charge in [-0.15, -0.1) is 0 Å². The summed E-state index contributed by atoms with van der Waals surface area (Å²) in [5.74, 6) is 1.76. The summed E-state index contributed by atoms with van der Waals surface area (Å²) in [6, 6.07) is 0. The van der Waals surface area contributed by atoms with E-state index in [0.29, 0.717) is 5.78 Å². The molecule has 0 N–H and O–H groups in total. The Balaban J connectivity index is 2.05. The van der Waals surface area contributed by atoms with Gasteiger partial charge in [-0.05, 0) is 25.0 Å². The Kier molecular flexibility index (Phi) is 4.74. The lowest BCUT2D eigenvalue weighted by Gasteiger charge is -2.19. The highest BCUT2D eigenvalue weighted by molar-refractivity contribution is 7.99. The number of ketones is 1. The van der Waals surface area contributed by atoms with Crippen molar-refractivity contribution in [1.82, 2.24) is 0 Å². The van der Waals surface area contributed by atoms with E-state index in [2.05, 4.69) is 18.7 Å². The third-order valence-electron chi connectivity index (χ3n) is 2.34. The molecule has 1 nitrogen and oxygen atoms in total. The topological polar surface area (TPSA) is 17.1 Å². The van der Waals surface area contributed by atoms with Crippen molar-refractivity contribution in [2.45, 2.75) is 50.7 Å². The Morgan fingerprint density at radius 2 is 2.08 bits per heavy atom. The second-order valence-electron chi connectivity index (χ2n) is 3.46. The first-order chi connectivity index (χ1) is 5.83. The van der Waals surface area contributed by atoms with Crippen LogP contribution in [0.15, 0.2) is 0 Å². The van der Waals surface area contributed by atoms with Crippen LogP contribution in [0, 0.1) is 0 Å². The zero-order valence-electron chi connectivity index (χ0n) is 7.84. The highest BCUT2D eigenvalue weighted by atomic mass is 32.2. The van der Waals surface area contributed by atoms with Gasteiger partial charge < -0.3 is 0 Å². The standard InChI is InChI=1S/C10H18OS/c1-2-3-8-12-10-6-4-9(11)5-7-10/h10H,2-8H2,1H3. The highest BCUT2D eigenvalue weighted by Crippen LogP contribution is 2.27. The Hall–Kier alpha value is 0.0200. The fourth-order valence-corrected chi connectivity index (χ4v) is 2.83. The zero-order valence-corrected chi connectivity index (χ0v) is 8.66. The van der Waals surface area contributed by atoms with E-state index in [-0.39, 0.29) is 0 Å². The lowest BCUT2D eigenvalue weighted by molar-refractivity contribution is -0.120. The lowest BCUT2D eigenvalue weighted by Crippen LogP contribution is -2.15. The highest BCUT2D eigenvalue weighted by Gasteiger charge is 2.18. The molecule has 2 heteroatoms. The summed E-state index contributed by atoms with van der Waals surface area (Å²) in [6.07, 6.45) is 6.56. The van der Waals surface area contributed by atoms with Gasteiger partial charge in [0, 0.05) is 18.1 Å². The molecule has 1 rings (SSSR count). The van der Waals surface area contributed by atoms with Gasteiger partial charge in [0.05, 0.1) is 0 Å². The normalized spacial score (nSPS) is 19.9. The van der Waals surface area contributed by atoms with Crippen molar-refractivity contribution < 1.29 is 4.79 Å². The molecule has 0 spiro atoms. The van der Waals surface area contributed by atoms with Gasteiger partial charge in [0.2, 0.25) is 0 Å². The van der Waals surface area contributed by atoms with E-state index in [1.807, 2.05) is 0 Å². The van der Waals surface area contributed by atoms with Gasteiger partial charge in [0.1, 0.15) is 5.78 Å². The van der Waals surface area contributed by atoms with Crippen LogP contribution < -0.4 is 0 Å². The molecule has 1 aliphatic carbocycles. The first-order valence-electron chi connectivity index (χ1n) is 4.96. The maximum atomic E-state index is 10.9. The summed E-state index contributed by atoms with van der Waals surface area (Å²) >= 11 is 2.07. The SMILES string of the molecule is CCCCSC1CCC(=O)CC1. The monoisotopic (exact) mass is 186 g/mol. The number of hydrogen-bond donors (Lipinski definition) is 0. The maximum absolute atomic E-state index is 10.9. The number of carbonyl (C=O) groups excluding carboxylic acids is 1. The van der Waals surface area contributed by atoms with Gasteiger partial charge in [0.25, 0.3) is 0 Å². The molecule has 0 atom stereocenters. The average molecular weight is 186 g/mol. The van der Waals surface area contributed by atoms with Crippen molar-refractivity contribution in [3.63, 3.8) is 0 Å². The molecule has 0 amide bonds. The molecule has 1 saturated carbocycles. The third kappa shape index (κ3) is 3.61. The van der Waals surface area contributed by atoms with Crippen LogP contribution in [-0.2, 0) is 4.79 Å². The number of thioether (sulfide) groups is 1. The quantitative estimate of drug-likeness (QED) is 0.628. The smallest absolute Gasteiger partial charge is 0.132 e. The van der Waals surface area contributed by atoms with Crippen LogP contribution in [0.4, 0.5) is 0 Å². The Labute approximate surface area is 79.3 Å². The minimum absolute atomic E-state index is 0.474. The van der Waals surface area contributed by atoms with Gasteiger partial charge in [-0.3, -0.25) is 4.79 Å². The molecule has 1 fully saturated rings. The van der Waals surface area contributed by atoms with E-state index in [9.17, 15) is 4.79 Å². The van der Waals surface area contributed by atoms with E-state index >= 15 is 0 Å². The van der Waals surface area contributed by atoms with E-state index in [1.54, 1.807) is 0 Å². The number of rotatable bonds is 4. The van der Waals surface area contributed by atoms with E-state index in [0.717, 1.165) is 30.9 Å². The van der Waals surface area contributed by atoms with Crippen LogP contribution in [0.3, 0.4) is 0 Å². The maximum Gasteiger partial charge on any atom is 0.132 e. The first-order valence-corrected chi connectivity index (χ1v) is 6.01. The fraction of sp³-hybridized carbons (Fsp3) is 0.900. The van der Waals surface area contributed by atoms with Crippen LogP contribution in [0.1, 0.15) is 45.4 Å². The van der Waals surface area contributed by atoms with Crippen molar-refractivity contribution in [2.24, 2.45) is 0 Å². The number of hydrogen-bond acceptors (Lipinski definition) is 2. The molecule has 0 aromatic heterocycles. The second-order valence-corrected chi connectivity index (χ2v) is 4.87. The first kappa shape index (κ1) is 10.1. The van der Waals surface area contributed by atoms with Gasteiger partial charge >= 0.3 is 0 Å². The number of Topliss-reactive ketones (excluding diaryl/α,β-unsaturated/α-hetero) is 1. The molecular weight excluding hydrogens is 168 g/mol. The molecule has 0 saturated heterocycles. The Morgan fingerprint density at radius 1 is 1.42 bits per heavy atom. The molecule has 0 heterocycles. The Morgan fingerprint density at radius 3 is 2.67 bits per heavy atom. The summed E-state index contributed by atoms with van der Waals surface area (Å²) in [5, 5.41) is 0.786. The van der Waals surface area contributed by atoms with Crippen LogP contribution in [0.5, 0.6) is 0 Å². The summed E-state index contributed by atoms with van der Waals surface area (Å²) in [4.78, 5) is 10.9.